The number of methoxy groups -OCH3 is 1. The first kappa shape index (κ1) is 15.5. The van der Waals surface area contributed by atoms with Crippen molar-refractivity contribution in [3.8, 4) is 5.75 Å². The molecule has 1 amide bonds. The number of benzene rings is 1. The Hall–Kier alpha value is -1.59. The highest BCUT2D eigenvalue weighted by atomic mass is 16.5. The number of nitrogens with two attached hydrogens (primary N) is 1. The standard InChI is InChI=1S/C14H22N2O3/c1-3-4-12(15)14(18)16-9-13(17)10-5-7-11(19-2)8-6-10/h5-8,12-13,17H,3-4,9,15H2,1-2H3,(H,16,18). The van der Waals surface area contributed by atoms with E-state index >= 15 is 0 Å². The predicted molar refractivity (Wildman–Crippen MR) is 73.8 cm³/mol. The maximum atomic E-state index is 11.6. The number of ether oxygens (including phenoxy) is 1. The molecule has 106 valence electrons. The molecule has 19 heavy (non-hydrogen) atoms. The van der Waals surface area contributed by atoms with Crippen LogP contribution in [0.3, 0.4) is 0 Å². The van der Waals surface area contributed by atoms with E-state index in [1.165, 1.54) is 0 Å². The predicted octanol–water partition coefficient (Wildman–Crippen LogP) is 0.972. The summed E-state index contributed by atoms with van der Waals surface area (Å²) in [4.78, 5) is 11.6. The number of rotatable bonds is 7. The first-order valence-corrected chi connectivity index (χ1v) is 6.43. The zero-order valence-electron chi connectivity index (χ0n) is 11.4. The molecule has 0 spiro atoms. The summed E-state index contributed by atoms with van der Waals surface area (Å²) in [6.07, 6.45) is 0.753. The van der Waals surface area contributed by atoms with Crippen molar-refractivity contribution in [3.05, 3.63) is 29.8 Å². The van der Waals surface area contributed by atoms with Crippen LogP contribution in [0, 0.1) is 0 Å². The van der Waals surface area contributed by atoms with E-state index in [2.05, 4.69) is 5.32 Å². The normalized spacial score (nSPS) is 13.7. The van der Waals surface area contributed by atoms with Crippen molar-refractivity contribution in [2.45, 2.75) is 31.9 Å². The zero-order chi connectivity index (χ0) is 14.3. The number of aliphatic hydroxyl groups excluding tert-OH is 1. The second kappa shape index (κ2) is 7.76. The van der Waals surface area contributed by atoms with Gasteiger partial charge in [-0.05, 0) is 24.1 Å². The van der Waals surface area contributed by atoms with E-state index in [-0.39, 0.29) is 12.5 Å². The van der Waals surface area contributed by atoms with E-state index < -0.39 is 12.1 Å². The summed E-state index contributed by atoms with van der Waals surface area (Å²) < 4.78 is 5.04. The summed E-state index contributed by atoms with van der Waals surface area (Å²) in [5.74, 6) is 0.499. The topological polar surface area (TPSA) is 84.6 Å². The minimum atomic E-state index is -0.747. The van der Waals surface area contributed by atoms with Gasteiger partial charge in [-0.15, -0.1) is 0 Å². The third kappa shape index (κ3) is 4.89. The van der Waals surface area contributed by atoms with Gasteiger partial charge in [-0.25, -0.2) is 0 Å². The average Bonchev–Trinajstić information content (AvgIpc) is 2.44. The minimum Gasteiger partial charge on any atom is -0.497 e. The summed E-state index contributed by atoms with van der Waals surface area (Å²) in [6, 6.07) is 6.56. The Morgan fingerprint density at radius 2 is 2.05 bits per heavy atom. The lowest BCUT2D eigenvalue weighted by Gasteiger charge is -2.15. The van der Waals surface area contributed by atoms with Gasteiger partial charge in [-0.3, -0.25) is 4.79 Å². The molecule has 0 bridgehead atoms. The van der Waals surface area contributed by atoms with Crippen LogP contribution in [-0.2, 0) is 4.79 Å². The Bertz CT molecular complexity index is 392. The molecule has 2 unspecified atom stereocenters. The molecule has 5 heteroatoms. The largest absolute Gasteiger partial charge is 0.497 e. The quantitative estimate of drug-likeness (QED) is 0.686. The first-order chi connectivity index (χ1) is 9.08. The summed E-state index contributed by atoms with van der Waals surface area (Å²) in [5.41, 5.74) is 6.41. The Kier molecular flexibility index (Phi) is 6.32. The number of hydrogen-bond donors (Lipinski definition) is 3. The third-order valence-corrected chi connectivity index (χ3v) is 2.91. The van der Waals surface area contributed by atoms with Crippen molar-refractivity contribution >= 4 is 5.91 Å². The van der Waals surface area contributed by atoms with Crippen molar-refractivity contribution in [1.82, 2.24) is 5.32 Å². The van der Waals surface area contributed by atoms with Crippen LogP contribution in [0.2, 0.25) is 0 Å². The molecule has 0 heterocycles. The van der Waals surface area contributed by atoms with Crippen LogP contribution in [0.1, 0.15) is 31.4 Å². The van der Waals surface area contributed by atoms with Crippen LogP contribution in [0.4, 0.5) is 0 Å². The molecule has 0 fully saturated rings. The van der Waals surface area contributed by atoms with Crippen LogP contribution in [0.15, 0.2) is 24.3 Å². The van der Waals surface area contributed by atoms with E-state index in [1.54, 1.807) is 31.4 Å². The fourth-order valence-corrected chi connectivity index (χ4v) is 1.71. The molecule has 0 radical (unpaired) electrons. The molecular weight excluding hydrogens is 244 g/mol. The molecule has 1 rings (SSSR count). The first-order valence-electron chi connectivity index (χ1n) is 6.43. The summed E-state index contributed by atoms with van der Waals surface area (Å²) >= 11 is 0. The SMILES string of the molecule is CCCC(N)C(=O)NCC(O)c1ccc(OC)cc1. The van der Waals surface area contributed by atoms with E-state index in [4.69, 9.17) is 10.5 Å². The Balaban J connectivity index is 2.45. The monoisotopic (exact) mass is 266 g/mol. The highest BCUT2D eigenvalue weighted by Crippen LogP contribution is 2.16. The molecule has 1 aromatic rings. The number of amides is 1. The number of nitrogens with one attached hydrogen (secondary N) is 1. The van der Waals surface area contributed by atoms with E-state index in [9.17, 15) is 9.90 Å². The lowest BCUT2D eigenvalue weighted by atomic mass is 10.1. The van der Waals surface area contributed by atoms with Gasteiger partial charge in [0.15, 0.2) is 0 Å². The maximum Gasteiger partial charge on any atom is 0.237 e. The molecule has 1 aromatic carbocycles. The van der Waals surface area contributed by atoms with Gasteiger partial charge in [0.25, 0.3) is 0 Å². The van der Waals surface area contributed by atoms with Crippen molar-refractivity contribution in [2.75, 3.05) is 13.7 Å². The van der Waals surface area contributed by atoms with Crippen LogP contribution in [0.5, 0.6) is 5.75 Å². The highest BCUT2D eigenvalue weighted by molar-refractivity contribution is 5.81. The van der Waals surface area contributed by atoms with Gasteiger partial charge in [-0.2, -0.15) is 0 Å². The second-order valence-electron chi connectivity index (χ2n) is 4.43. The smallest absolute Gasteiger partial charge is 0.237 e. The fourth-order valence-electron chi connectivity index (χ4n) is 1.71. The molecule has 5 nitrogen and oxygen atoms in total. The molecule has 2 atom stereocenters. The van der Waals surface area contributed by atoms with Gasteiger partial charge in [0.2, 0.25) is 5.91 Å². The summed E-state index contributed by atoms with van der Waals surface area (Å²) in [7, 11) is 1.58. The van der Waals surface area contributed by atoms with E-state index in [0.717, 1.165) is 17.7 Å². The molecule has 4 N–H and O–H groups in total. The van der Waals surface area contributed by atoms with Crippen LogP contribution in [0.25, 0.3) is 0 Å². The lowest BCUT2D eigenvalue weighted by Crippen LogP contribution is -2.41. The van der Waals surface area contributed by atoms with Crippen molar-refractivity contribution in [2.24, 2.45) is 5.73 Å². The third-order valence-electron chi connectivity index (χ3n) is 2.91. The fraction of sp³-hybridized carbons (Fsp3) is 0.500. The van der Waals surface area contributed by atoms with Gasteiger partial charge in [0, 0.05) is 6.54 Å². The minimum absolute atomic E-state index is 0.155. The zero-order valence-corrected chi connectivity index (χ0v) is 11.4. The Morgan fingerprint density at radius 3 is 2.58 bits per heavy atom. The molecular formula is C14H22N2O3. The molecule has 0 saturated heterocycles. The van der Waals surface area contributed by atoms with Crippen LogP contribution < -0.4 is 15.8 Å². The Labute approximate surface area is 113 Å². The van der Waals surface area contributed by atoms with Crippen LogP contribution >= 0.6 is 0 Å². The van der Waals surface area contributed by atoms with Crippen molar-refractivity contribution < 1.29 is 14.6 Å². The van der Waals surface area contributed by atoms with E-state index in [1.807, 2.05) is 6.92 Å². The molecule has 0 aliphatic heterocycles. The van der Waals surface area contributed by atoms with Crippen molar-refractivity contribution in [3.63, 3.8) is 0 Å². The average molecular weight is 266 g/mol. The molecule has 0 aliphatic rings. The molecule has 0 saturated carbocycles. The Morgan fingerprint density at radius 1 is 1.42 bits per heavy atom. The number of aliphatic hydroxyl groups is 1. The second-order valence-corrected chi connectivity index (χ2v) is 4.43. The maximum absolute atomic E-state index is 11.6. The van der Waals surface area contributed by atoms with Crippen molar-refractivity contribution in [1.29, 1.82) is 0 Å². The van der Waals surface area contributed by atoms with Crippen LogP contribution in [-0.4, -0.2) is 30.7 Å². The summed E-state index contributed by atoms with van der Waals surface area (Å²) in [5, 5.41) is 12.6. The molecule has 0 aliphatic carbocycles. The lowest BCUT2D eigenvalue weighted by molar-refractivity contribution is -0.123. The number of hydrogen-bond acceptors (Lipinski definition) is 4. The van der Waals surface area contributed by atoms with Gasteiger partial charge < -0.3 is 20.9 Å². The summed E-state index contributed by atoms with van der Waals surface area (Å²) in [6.45, 7) is 2.13. The van der Waals surface area contributed by atoms with Gasteiger partial charge >= 0.3 is 0 Å². The highest BCUT2D eigenvalue weighted by Gasteiger charge is 2.14. The number of carbonyl (C=O) groups excluding carboxylic acids is 1. The van der Waals surface area contributed by atoms with Gasteiger partial charge in [0.1, 0.15) is 5.75 Å². The van der Waals surface area contributed by atoms with E-state index in [0.29, 0.717) is 6.42 Å². The van der Waals surface area contributed by atoms with Gasteiger partial charge in [-0.1, -0.05) is 25.5 Å². The number of carbonyl (C=O) groups is 1. The molecule has 0 aromatic heterocycles. The van der Waals surface area contributed by atoms with Gasteiger partial charge in [0.05, 0.1) is 19.3 Å².